The first-order chi connectivity index (χ1) is 25.6. The monoisotopic (exact) mass is 860 g/mol. The van der Waals surface area contributed by atoms with Crippen LogP contribution in [0.3, 0.4) is 0 Å². The SMILES string of the molecule is Cc1[n-]c2c(-c3nc4c(-c5[c-]c(-c6cc(C#N)c(-c7ccccc7)cn6)cc(-c6ccccc6)c5)cccc4n3-c3ccccc3)cccc2c1C.[Pt+2]. The fourth-order valence-corrected chi connectivity index (χ4v) is 7.12. The first kappa shape index (κ1) is 33.8. The van der Waals surface area contributed by atoms with Crippen molar-refractivity contribution in [3.05, 3.63) is 175 Å². The molecule has 0 aliphatic carbocycles. The van der Waals surface area contributed by atoms with E-state index in [-0.39, 0.29) is 21.1 Å². The summed E-state index contributed by atoms with van der Waals surface area (Å²) < 4.78 is 2.23. The summed E-state index contributed by atoms with van der Waals surface area (Å²) in [7, 11) is 0. The van der Waals surface area contributed by atoms with Gasteiger partial charge in [0.2, 0.25) is 0 Å². The zero-order valence-corrected chi connectivity index (χ0v) is 31.3. The number of hydrogen-bond donors (Lipinski definition) is 0. The first-order valence-electron chi connectivity index (χ1n) is 17.3. The molecule has 0 bridgehead atoms. The van der Waals surface area contributed by atoms with Gasteiger partial charge in [0.05, 0.1) is 22.7 Å². The average Bonchev–Trinajstić information content (AvgIpc) is 3.74. The average molecular weight is 861 g/mol. The maximum absolute atomic E-state index is 10.2. The predicted molar refractivity (Wildman–Crippen MR) is 210 cm³/mol. The molecule has 6 heteroatoms. The molecule has 5 nitrogen and oxygen atoms in total. The Balaban J connectivity index is 0.00000400. The van der Waals surface area contributed by atoms with Crippen molar-refractivity contribution in [1.82, 2.24) is 19.5 Å². The Morgan fingerprint density at radius 3 is 2.06 bits per heavy atom. The van der Waals surface area contributed by atoms with Gasteiger partial charge in [-0.2, -0.15) is 11.0 Å². The van der Waals surface area contributed by atoms with E-state index in [1.807, 2.05) is 60.7 Å². The molecule has 0 fully saturated rings. The summed E-state index contributed by atoms with van der Waals surface area (Å²) in [5.74, 6) is 0.827. The van der Waals surface area contributed by atoms with Crippen LogP contribution in [0.15, 0.2) is 152 Å². The van der Waals surface area contributed by atoms with Crippen LogP contribution >= 0.6 is 0 Å². The standard InChI is InChI=1S/C47H31N5.Pt/c1-30-31(2)50-45-39(30)20-12-22-41(45)47-51-46-40(21-13-23-44(46)52(47)38-18-10-5-11-19-38)35-24-34(32-14-6-3-7-15-32)25-36(26-35)43-27-37(28-48)42(29-49-43)33-16-8-4-9-17-33;/h3-25,27,29H,1-2H3;/q-2;+2. The normalized spacial score (nSPS) is 11.0. The second-order valence-corrected chi connectivity index (χ2v) is 13.0. The van der Waals surface area contributed by atoms with Crippen molar-refractivity contribution in [3.8, 4) is 67.8 Å². The van der Waals surface area contributed by atoms with Crippen molar-refractivity contribution in [2.24, 2.45) is 0 Å². The molecule has 0 saturated heterocycles. The van der Waals surface area contributed by atoms with Gasteiger partial charge in [0.25, 0.3) is 0 Å². The van der Waals surface area contributed by atoms with E-state index in [0.717, 1.165) is 83.6 Å². The fraction of sp³-hybridized carbons (Fsp3) is 0.0426. The third kappa shape index (κ3) is 5.98. The second kappa shape index (κ2) is 14.0. The summed E-state index contributed by atoms with van der Waals surface area (Å²) in [6, 6.07) is 55.5. The van der Waals surface area contributed by atoms with E-state index in [1.54, 1.807) is 6.20 Å². The maximum Gasteiger partial charge on any atom is 2.00 e. The van der Waals surface area contributed by atoms with Crippen LogP contribution in [0.25, 0.3) is 83.6 Å². The Morgan fingerprint density at radius 2 is 1.32 bits per heavy atom. The Kier molecular flexibility index (Phi) is 8.92. The number of fused-ring (bicyclic) bond motifs is 2. The number of aryl methyl sites for hydroxylation is 2. The number of imidazole rings is 1. The van der Waals surface area contributed by atoms with Gasteiger partial charge in [0, 0.05) is 28.7 Å². The third-order valence-electron chi connectivity index (χ3n) is 9.85. The molecule has 0 spiro atoms. The zero-order valence-electron chi connectivity index (χ0n) is 29.0. The van der Waals surface area contributed by atoms with Gasteiger partial charge in [-0.05, 0) is 41.6 Å². The molecule has 9 aromatic rings. The summed E-state index contributed by atoms with van der Waals surface area (Å²) in [6.07, 6.45) is 1.79. The number of hydrogen-bond acceptors (Lipinski definition) is 3. The van der Waals surface area contributed by atoms with Crippen LogP contribution < -0.4 is 4.98 Å². The molecule has 0 unspecified atom stereocenters. The van der Waals surface area contributed by atoms with E-state index in [2.05, 4.69) is 115 Å². The number of rotatable bonds is 6. The number of nitrogens with zero attached hydrogens (tertiary/aromatic N) is 5. The molecule has 254 valence electrons. The van der Waals surface area contributed by atoms with Gasteiger partial charge in [-0.25, -0.2) is 4.98 Å². The van der Waals surface area contributed by atoms with Crippen LogP contribution in [0.4, 0.5) is 0 Å². The topological polar surface area (TPSA) is 68.6 Å². The molecule has 6 aromatic carbocycles. The minimum absolute atomic E-state index is 0. The van der Waals surface area contributed by atoms with Gasteiger partial charge >= 0.3 is 21.1 Å². The Hall–Kier alpha value is -6.34. The van der Waals surface area contributed by atoms with Crippen molar-refractivity contribution in [2.45, 2.75) is 13.8 Å². The van der Waals surface area contributed by atoms with Crippen molar-refractivity contribution in [2.75, 3.05) is 0 Å². The van der Waals surface area contributed by atoms with Crippen molar-refractivity contribution >= 4 is 21.9 Å². The quantitative estimate of drug-likeness (QED) is 0.156. The molecule has 0 N–H and O–H groups in total. The van der Waals surface area contributed by atoms with Gasteiger partial charge in [0.15, 0.2) is 0 Å². The summed E-state index contributed by atoms with van der Waals surface area (Å²) in [6.45, 7) is 4.19. The van der Waals surface area contributed by atoms with E-state index in [0.29, 0.717) is 11.3 Å². The van der Waals surface area contributed by atoms with Gasteiger partial charge in [-0.3, -0.25) is 9.55 Å². The number of para-hydroxylation sites is 3. The Morgan fingerprint density at radius 1 is 0.660 bits per heavy atom. The van der Waals surface area contributed by atoms with Gasteiger partial charge in [0.1, 0.15) is 5.82 Å². The molecule has 3 heterocycles. The molecule has 0 aliphatic heterocycles. The van der Waals surface area contributed by atoms with Crippen LogP contribution in [-0.2, 0) is 21.1 Å². The molecule has 0 radical (unpaired) electrons. The largest absolute Gasteiger partial charge is 2.00 e. The molecule has 53 heavy (non-hydrogen) atoms. The van der Waals surface area contributed by atoms with E-state index < -0.39 is 0 Å². The third-order valence-corrected chi connectivity index (χ3v) is 9.85. The summed E-state index contributed by atoms with van der Waals surface area (Å²) in [5, 5.41) is 11.4. The first-order valence-corrected chi connectivity index (χ1v) is 17.3. The van der Waals surface area contributed by atoms with Crippen molar-refractivity contribution < 1.29 is 21.1 Å². The second-order valence-electron chi connectivity index (χ2n) is 13.0. The van der Waals surface area contributed by atoms with E-state index in [4.69, 9.17) is 15.0 Å². The van der Waals surface area contributed by atoms with Crippen LogP contribution in [0.1, 0.15) is 16.8 Å². The van der Waals surface area contributed by atoms with E-state index in [1.165, 1.54) is 5.56 Å². The molecule has 3 aromatic heterocycles. The zero-order chi connectivity index (χ0) is 35.2. The van der Waals surface area contributed by atoms with Crippen LogP contribution in [0.5, 0.6) is 0 Å². The minimum Gasteiger partial charge on any atom is -0.660 e. The molecule has 9 rings (SSSR count). The molecule has 0 saturated carbocycles. The number of benzene rings is 6. The molecular formula is C47H31N5Pt. The smallest absolute Gasteiger partial charge is 0.660 e. The van der Waals surface area contributed by atoms with E-state index >= 15 is 0 Å². The van der Waals surface area contributed by atoms with Crippen molar-refractivity contribution in [3.63, 3.8) is 0 Å². The summed E-state index contributed by atoms with van der Waals surface area (Å²) in [5.41, 5.74) is 14.7. The Bertz CT molecular complexity index is 2810. The van der Waals surface area contributed by atoms with Gasteiger partial charge < -0.3 is 4.98 Å². The molecular weight excluding hydrogens is 830 g/mol. The maximum atomic E-state index is 10.2. The molecule has 0 atom stereocenters. The van der Waals surface area contributed by atoms with Crippen LogP contribution in [0, 0.1) is 31.2 Å². The number of aromatic nitrogens is 4. The number of pyridine rings is 1. The van der Waals surface area contributed by atoms with Crippen LogP contribution in [0.2, 0.25) is 0 Å². The van der Waals surface area contributed by atoms with Crippen molar-refractivity contribution in [1.29, 1.82) is 5.26 Å². The fourth-order valence-electron chi connectivity index (χ4n) is 7.12. The van der Waals surface area contributed by atoms with Crippen LogP contribution in [-0.4, -0.2) is 14.5 Å². The van der Waals surface area contributed by atoms with Gasteiger partial charge in [-0.15, -0.1) is 29.3 Å². The molecule has 0 amide bonds. The van der Waals surface area contributed by atoms with Gasteiger partial charge in [-0.1, -0.05) is 144 Å². The summed E-state index contributed by atoms with van der Waals surface area (Å²) >= 11 is 0. The minimum atomic E-state index is 0. The van der Waals surface area contributed by atoms with E-state index in [9.17, 15) is 5.26 Å². The summed E-state index contributed by atoms with van der Waals surface area (Å²) in [4.78, 5) is 15.4. The Labute approximate surface area is 322 Å². The molecule has 0 aliphatic rings. The number of nitriles is 1. The predicted octanol–water partition coefficient (Wildman–Crippen LogP) is 11.2.